The zero-order chi connectivity index (χ0) is 10.3. The van der Waals surface area contributed by atoms with E-state index in [2.05, 4.69) is 22.9 Å². The zero-order valence-corrected chi connectivity index (χ0v) is 10.9. The molecule has 14 heavy (non-hydrogen) atoms. The molecule has 0 amide bonds. The molecule has 0 heterocycles. The minimum atomic E-state index is 0.505. The molecule has 0 radical (unpaired) electrons. The summed E-state index contributed by atoms with van der Waals surface area (Å²) in [5.74, 6) is 0. The molecular weight excluding hydrogens is 240 g/mol. The van der Waals surface area contributed by atoms with E-state index in [9.17, 15) is 0 Å². The molecule has 1 nitrogen and oxygen atoms in total. The van der Waals surface area contributed by atoms with Crippen molar-refractivity contribution in [1.82, 2.24) is 0 Å². The number of rotatable bonds is 8. The Kier molecular flexibility index (Phi) is 6.11. The number of unbranched alkanes of at least 4 members (excludes halogenated alkanes) is 3. The standard InChI is InChI=1S/C12H23BrO/c1-2-3-4-5-9-14-11-12(10-13)7-6-8-12/h2-11H2,1H3. The van der Waals surface area contributed by atoms with Crippen LogP contribution in [0.1, 0.15) is 51.9 Å². The summed E-state index contributed by atoms with van der Waals surface area (Å²) in [6.45, 7) is 4.19. The lowest BCUT2D eigenvalue weighted by molar-refractivity contribution is 0.00957. The van der Waals surface area contributed by atoms with Crippen molar-refractivity contribution in [3.05, 3.63) is 0 Å². The Morgan fingerprint density at radius 1 is 1.21 bits per heavy atom. The van der Waals surface area contributed by atoms with E-state index in [4.69, 9.17) is 4.74 Å². The molecule has 1 aliphatic carbocycles. The third-order valence-electron chi connectivity index (χ3n) is 3.25. The maximum atomic E-state index is 5.75. The van der Waals surface area contributed by atoms with Crippen LogP contribution in [0.3, 0.4) is 0 Å². The van der Waals surface area contributed by atoms with Crippen LogP contribution in [0.25, 0.3) is 0 Å². The van der Waals surface area contributed by atoms with Crippen molar-refractivity contribution >= 4 is 15.9 Å². The van der Waals surface area contributed by atoms with Gasteiger partial charge in [-0.1, -0.05) is 48.5 Å². The first-order valence-electron chi connectivity index (χ1n) is 5.97. The van der Waals surface area contributed by atoms with Crippen molar-refractivity contribution in [3.63, 3.8) is 0 Å². The van der Waals surface area contributed by atoms with E-state index >= 15 is 0 Å². The molecule has 0 saturated heterocycles. The Labute approximate surface area is 96.7 Å². The van der Waals surface area contributed by atoms with E-state index in [-0.39, 0.29) is 0 Å². The third-order valence-corrected chi connectivity index (χ3v) is 4.44. The van der Waals surface area contributed by atoms with Crippen molar-refractivity contribution in [2.45, 2.75) is 51.9 Å². The number of hydrogen-bond donors (Lipinski definition) is 0. The zero-order valence-electron chi connectivity index (χ0n) is 9.36. The van der Waals surface area contributed by atoms with Gasteiger partial charge in [0.15, 0.2) is 0 Å². The van der Waals surface area contributed by atoms with Gasteiger partial charge in [-0.2, -0.15) is 0 Å². The fourth-order valence-corrected chi connectivity index (χ4v) is 2.64. The molecule has 2 heteroatoms. The van der Waals surface area contributed by atoms with Gasteiger partial charge in [-0.3, -0.25) is 0 Å². The van der Waals surface area contributed by atoms with Gasteiger partial charge in [0, 0.05) is 17.4 Å². The van der Waals surface area contributed by atoms with Crippen molar-refractivity contribution in [2.75, 3.05) is 18.5 Å². The van der Waals surface area contributed by atoms with Crippen molar-refractivity contribution in [2.24, 2.45) is 5.41 Å². The first-order chi connectivity index (χ1) is 6.83. The summed E-state index contributed by atoms with van der Waals surface area (Å²) >= 11 is 3.60. The normalized spacial score (nSPS) is 19.3. The minimum absolute atomic E-state index is 0.505. The van der Waals surface area contributed by atoms with Crippen molar-refractivity contribution < 1.29 is 4.74 Å². The van der Waals surface area contributed by atoms with E-state index in [1.807, 2.05) is 0 Å². The Hall–Kier alpha value is 0.440. The first-order valence-corrected chi connectivity index (χ1v) is 7.09. The predicted octanol–water partition coefficient (Wildman–Crippen LogP) is 4.15. The second kappa shape index (κ2) is 6.84. The molecule has 0 atom stereocenters. The quantitative estimate of drug-likeness (QED) is 0.472. The summed E-state index contributed by atoms with van der Waals surface area (Å²) in [6.07, 6.45) is 9.34. The summed E-state index contributed by atoms with van der Waals surface area (Å²) in [5, 5.41) is 1.12. The molecule has 84 valence electrons. The Bertz CT molecular complexity index is 138. The van der Waals surface area contributed by atoms with Gasteiger partial charge in [0.2, 0.25) is 0 Å². The first kappa shape index (κ1) is 12.5. The highest BCUT2D eigenvalue weighted by Gasteiger charge is 2.35. The molecule has 0 bridgehead atoms. The van der Waals surface area contributed by atoms with Crippen LogP contribution < -0.4 is 0 Å². The van der Waals surface area contributed by atoms with Crippen molar-refractivity contribution in [3.8, 4) is 0 Å². The van der Waals surface area contributed by atoms with Crippen LogP contribution in [-0.2, 0) is 4.74 Å². The fourth-order valence-electron chi connectivity index (χ4n) is 1.91. The highest BCUT2D eigenvalue weighted by Crippen LogP contribution is 2.42. The second-order valence-corrected chi connectivity index (χ2v) is 5.16. The van der Waals surface area contributed by atoms with E-state index < -0.39 is 0 Å². The number of ether oxygens (including phenoxy) is 1. The van der Waals surface area contributed by atoms with Crippen LogP contribution in [0.2, 0.25) is 0 Å². The number of halogens is 1. The molecule has 0 unspecified atom stereocenters. The molecule has 0 N–H and O–H groups in total. The van der Waals surface area contributed by atoms with Crippen LogP contribution in [0.15, 0.2) is 0 Å². The van der Waals surface area contributed by atoms with Crippen molar-refractivity contribution in [1.29, 1.82) is 0 Å². The molecule has 0 aromatic carbocycles. The topological polar surface area (TPSA) is 9.23 Å². The predicted molar refractivity (Wildman–Crippen MR) is 65.0 cm³/mol. The minimum Gasteiger partial charge on any atom is -0.381 e. The van der Waals surface area contributed by atoms with Gasteiger partial charge in [0.25, 0.3) is 0 Å². The molecular formula is C12H23BrO. The molecule has 0 aromatic rings. The summed E-state index contributed by atoms with van der Waals surface area (Å²) in [5.41, 5.74) is 0.505. The highest BCUT2D eigenvalue weighted by molar-refractivity contribution is 9.09. The van der Waals surface area contributed by atoms with E-state index in [1.54, 1.807) is 0 Å². The largest absolute Gasteiger partial charge is 0.381 e. The van der Waals surface area contributed by atoms with Crippen LogP contribution >= 0.6 is 15.9 Å². The highest BCUT2D eigenvalue weighted by atomic mass is 79.9. The lowest BCUT2D eigenvalue weighted by Crippen LogP contribution is -2.36. The maximum Gasteiger partial charge on any atom is 0.0530 e. The van der Waals surface area contributed by atoms with Gasteiger partial charge in [-0.15, -0.1) is 0 Å². The Morgan fingerprint density at radius 2 is 2.00 bits per heavy atom. The van der Waals surface area contributed by atoms with Gasteiger partial charge in [0.1, 0.15) is 0 Å². The van der Waals surface area contributed by atoms with Gasteiger partial charge < -0.3 is 4.74 Å². The van der Waals surface area contributed by atoms with Gasteiger partial charge >= 0.3 is 0 Å². The van der Waals surface area contributed by atoms with Crippen LogP contribution in [0.5, 0.6) is 0 Å². The average Bonchev–Trinajstić information content (AvgIpc) is 2.15. The number of alkyl halides is 1. The van der Waals surface area contributed by atoms with Crippen LogP contribution in [-0.4, -0.2) is 18.5 Å². The third kappa shape index (κ3) is 3.90. The monoisotopic (exact) mass is 262 g/mol. The molecule has 1 fully saturated rings. The fraction of sp³-hybridized carbons (Fsp3) is 1.00. The summed E-state index contributed by atoms with van der Waals surface area (Å²) in [7, 11) is 0. The van der Waals surface area contributed by atoms with Gasteiger partial charge in [0.05, 0.1) is 6.61 Å². The lowest BCUT2D eigenvalue weighted by atomic mass is 9.71. The second-order valence-electron chi connectivity index (χ2n) is 4.60. The summed E-state index contributed by atoms with van der Waals surface area (Å²) < 4.78 is 5.75. The SMILES string of the molecule is CCCCCCOCC1(CBr)CCC1. The van der Waals surface area contributed by atoms with E-state index in [0.29, 0.717) is 5.41 Å². The smallest absolute Gasteiger partial charge is 0.0530 e. The molecule has 1 rings (SSSR count). The van der Waals surface area contributed by atoms with Crippen LogP contribution in [0, 0.1) is 5.41 Å². The van der Waals surface area contributed by atoms with Gasteiger partial charge in [-0.05, 0) is 19.3 Å². The average molecular weight is 263 g/mol. The lowest BCUT2D eigenvalue weighted by Gasteiger charge is -2.40. The maximum absolute atomic E-state index is 5.75. The number of hydrogen-bond acceptors (Lipinski definition) is 1. The van der Waals surface area contributed by atoms with Crippen LogP contribution in [0.4, 0.5) is 0 Å². The van der Waals surface area contributed by atoms with Gasteiger partial charge in [-0.25, -0.2) is 0 Å². The summed E-state index contributed by atoms with van der Waals surface area (Å²) in [4.78, 5) is 0. The molecule has 0 aromatic heterocycles. The summed E-state index contributed by atoms with van der Waals surface area (Å²) in [6, 6.07) is 0. The Morgan fingerprint density at radius 3 is 2.50 bits per heavy atom. The molecule has 1 saturated carbocycles. The van der Waals surface area contributed by atoms with E-state index in [0.717, 1.165) is 18.5 Å². The van der Waals surface area contributed by atoms with E-state index in [1.165, 1.54) is 44.9 Å². The molecule has 0 spiro atoms. The molecule has 1 aliphatic rings. The Balaban J connectivity index is 1.92. The molecule has 0 aliphatic heterocycles.